The predicted molar refractivity (Wildman–Crippen MR) is 117 cm³/mol. The fourth-order valence-electron chi connectivity index (χ4n) is 2.80. The molecule has 0 aliphatic heterocycles. The summed E-state index contributed by atoms with van der Waals surface area (Å²) in [6.45, 7) is 15.8. The largest absolute Gasteiger partial charge is 0.467 e. The van der Waals surface area contributed by atoms with Gasteiger partial charge in [0, 0.05) is 4.88 Å². The minimum atomic E-state index is 0.708. The van der Waals surface area contributed by atoms with Gasteiger partial charge in [-0.15, -0.1) is 11.3 Å². The molecule has 0 spiro atoms. The van der Waals surface area contributed by atoms with Gasteiger partial charge in [-0.05, 0) is 62.4 Å². The predicted octanol–water partition coefficient (Wildman–Crippen LogP) is 7.42. The molecular formula is C23H35NOS. The second kappa shape index (κ2) is 11.8. The first kappa shape index (κ1) is 22.3. The smallest absolute Gasteiger partial charge is 0.122 e. The van der Waals surface area contributed by atoms with Crippen LogP contribution in [0.3, 0.4) is 0 Å². The molecule has 0 fully saturated rings. The Morgan fingerprint density at radius 1 is 1.15 bits per heavy atom. The van der Waals surface area contributed by atoms with E-state index in [1.54, 1.807) is 6.26 Å². The molecule has 1 N–H and O–H groups in total. The minimum absolute atomic E-state index is 0.708. The summed E-state index contributed by atoms with van der Waals surface area (Å²) < 4.78 is 5.48. The van der Waals surface area contributed by atoms with Gasteiger partial charge >= 0.3 is 0 Å². The van der Waals surface area contributed by atoms with Gasteiger partial charge in [-0.25, -0.2) is 0 Å². The van der Waals surface area contributed by atoms with Crippen molar-refractivity contribution < 1.29 is 4.42 Å². The van der Waals surface area contributed by atoms with Gasteiger partial charge in [-0.3, -0.25) is 0 Å². The van der Waals surface area contributed by atoms with Gasteiger partial charge in [0.05, 0.1) is 23.4 Å². The maximum atomic E-state index is 5.48. The van der Waals surface area contributed by atoms with Gasteiger partial charge in [-0.2, -0.15) is 0 Å². The van der Waals surface area contributed by atoms with Crippen LogP contribution in [0.25, 0.3) is 5.70 Å². The fourth-order valence-corrected chi connectivity index (χ4v) is 4.04. The average Bonchev–Trinajstić information content (AvgIpc) is 3.29. The lowest BCUT2D eigenvalue weighted by atomic mass is 10.1. The first-order chi connectivity index (χ1) is 12.6. The minimum Gasteiger partial charge on any atom is -0.467 e. The molecule has 2 heterocycles. The summed E-state index contributed by atoms with van der Waals surface area (Å²) in [5.41, 5.74) is 5.41. The molecule has 0 saturated carbocycles. The van der Waals surface area contributed by atoms with E-state index >= 15 is 0 Å². The van der Waals surface area contributed by atoms with Gasteiger partial charge in [0.2, 0.25) is 0 Å². The number of thiophene rings is 1. The number of hydrogen-bond donors (Lipinski definition) is 1. The van der Waals surface area contributed by atoms with Crippen molar-refractivity contribution in [1.82, 2.24) is 5.32 Å². The lowest BCUT2D eigenvalue weighted by Gasteiger charge is -2.11. The molecule has 2 nitrogen and oxygen atoms in total. The number of furan rings is 1. The van der Waals surface area contributed by atoms with Crippen LogP contribution in [-0.2, 0) is 13.0 Å². The molecule has 0 atom stereocenters. The maximum Gasteiger partial charge on any atom is 0.122 e. The van der Waals surface area contributed by atoms with Gasteiger partial charge in [0.1, 0.15) is 5.76 Å². The second-order valence-corrected chi connectivity index (χ2v) is 7.09. The van der Waals surface area contributed by atoms with Crippen molar-refractivity contribution >= 4 is 17.0 Å². The molecule has 2 aromatic rings. The quantitative estimate of drug-likeness (QED) is 0.487. The summed E-state index contributed by atoms with van der Waals surface area (Å²) in [6, 6.07) is 3.95. The van der Waals surface area contributed by atoms with Crippen molar-refractivity contribution in [3.63, 3.8) is 0 Å². The molecule has 2 aromatic heterocycles. The van der Waals surface area contributed by atoms with Crippen molar-refractivity contribution in [2.75, 3.05) is 0 Å². The number of hydrogen-bond acceptors (Lipinski definition) is 3. The number of aryl methyl sites for hydroxylation is 1. The molecular weight excluding hydrogens is 338 g/mol. The van der Waals surface area contributed by atoms with E-state index in [2.05, 4.69) is 52.1 Å². The first-order valence-electron chi connectivity index (χ1n) is 9.86. The van der Waals surface area contributed by atoms with Crippen LogP contribution in [0.2, 0.25) is 0 Å². The Balaban J connectivity index is 0.00000163. The Kier molecular flexibility index (Phi) is 10.1. The number of rotatable bonds is 8. The number of nitrogens with one attached hydrogen (secondary N) is 1. The van der Waals surface area contributed by atoms with E-state index in [1.807, 2.05) is 37.3 Å². The van der Waals surface area contributed by atoms with E-state index in [0.717, 1.165) is 25.0 Å². The van der Waals surface area contributed by atoms with E-state index in [9.17, 15) is 0 Å². The zero-order chi connectivity index (χ0) is 19.5. The number of allylic oxidation sites excluding steroid dienone is 3. The normalized spacial score (nSPS) is 12.0. The Bertz CT molecular complexity index is 705. The van der Waals surface area contributed by atoms with Crippen LogP contribution in [-0.4, -0.2) is 0 Å². The molecule has 0 aromatic carbocycles. The van der Waals surface area contributed by atoms with Crippen LogP contribution in [0.15, 0.2) is 40.5 Å². The topological polar surface area (TPSA) is 25.2 Å². The molecule has 0 unspecified atom stereocenters. The van der Waals surface area contributed by atoms with Crippen molar-refractivity contribution in [3.05, 3.63) is 62.8 Å². The standard InChI is InChI=1S/C21H29NOS.C2H6/c1-6-10-17(7-2)13-19(22-14-18-11-9-12-23-18)21-16(5)15(4)20(8-3)24-21;1-2/h9-13,22H,6-8,14H2,1-5H3;1-2H3/b17-10+,19-13+;. The van der Waals surface area contributed by atoms with E-state index in [0.29, 0.717) is 6.54 Å². The van der Waals surface area contributed by atoms with Crippen molar-refractivity contribution in [1.29, 1.82) is 0 Å². The highest BCUT2D eigenvalue weighted by Gasteiger charge is 2.14. The molecule has 0 bridgehead atoms. The molecule has 0 aliphatic rings. The summed E-state index contributed by atoms with van der Waals surface area (Å²) in [5, 5.41) is 3.60. The fraction of sp³-hybridized carbons (Fsp3) is 0.478. The van der Waals surface area contributed by atoms with Crippen LogP contribution < -0.4 is 5.32 Å². The van der Waals surface area contributed by atoms with Crippen LogP contribution in [0.1, 0.15) is 74.1 Å². The van der Waals surface area contributed by atoms with Gasteiger partial charge < -0.3 is 9.73 Å². The van der Waals surface area contributed by atoms with Crippen molar-refractivity contribution in [3.8, 4) is 0 Å². The maximum absolute atomic E-state index is 5.48. The Morgan fingerprint density at radius 2 is 1.88 bits per heavy atom. The first-order valence-corrected chi connectivity index (χ1v) is 10.7. The Labute approximate surface area is 164 Å². The Morgan fingerprint density at radius 3 is 2.38 bits per heavy atom. The molecule has 2 rings (SSSR count). The second-order valence-electron chi connectivity index (χ2n) is 5.99. The summed E-state index contributed by atoms with van der Waals surface area (Å²) in [7, 11) is 0. The molecule has 144 valence electrons. The van der Waals surface area contributed by atoms with Crippen LogP contribution in [0.4, 0.5) is 0 Å². The third-order valence-electron chi connectivity index (χ3n) is 4.35. The van der Waals surface area contributed by atoms with E-state index in [4.69, 9.17) is 4.42 Å². The highest BCUT2D eigenvalue weighted by atomic mass is 32.1. The summed E-state index contributed by atoms with van der Waals surface area (Å²) >= 11 is 1.91. The van der Waals surface area contributed by atoms with Crippen molar-refractivity contribution in [2.24, 2.45) is 0 Å². The van der Waals surface area contributed by atoms with E-state index in [-0.39, 0.29) is 0 Å². The third-order valence-corrected chi connectivity index (χ3v) is 5.92. The zero-order valence-corrected chi connectivity index (χ0v) is 18.3. The van der Waals surface area contributed by atoms with E-state index < -0.39 is 0 Å². The third kappa shape index (κ3) is 5.91. The van der Waals surface area contributed by atoms with Crippen LogP contribution >= 0.6 is 11.3 Å². The van der Waals surface area contributed by atoms with Crippen molar-refractivity contribution in [2.45, 2.75) is 74.3 Å². The molecule has 26 heavy (non-hydrogen) atoms. The average molecular weight is 374 g/mol. The summed E-state index contributed by atoms with van der Waals surface area (Å²) in [4.78, 5) is 2.83. The molecule has 0 saturated heterocycles. The SMILES string of the molecule is CC.CC/C=C(/C=C(/NCc1ccco1)c1sc(CC)c(C)c1C)CC. The molecule has 0 radical (unpaired) electrons. The molecule has 3 heteroatoms. The van der Waals surface area contributed by atoms with Gasteiger partial charge in [-0.1, -0.05) is 46.3 Å². The van der Waals surface area contributed by atoms with Crippen LogP contribution in [0, 0.1) is 13.8 Å². The van der Waals surface area contributed by atoms with E-state index in [1.165, 1.54) is 32.2 Å². The zero-order valence-electron chi connectivity index (χ0n) is 17.5. The van der Waals surface area contributed by atoms with Crippen LogP contribution in [0.5, 0.6) is 0 Å². The summed E-state index contributed by atoms with van der Waals surface area (Å²) in [6.07, 6.45) is 9.55. The molecule has 0 amide bonds. The van der Waals surface area contributed by atoms with Gasteiger partial charge in [0.25, 0.3) is 0 Å². The lowest BCUT2D eigenvalue weighted by Crippen LogP contribution is -2.11. The lowest BCUT2D eigenvalue weighted by molar-refractivity contribution is 0.501. The monoisotopic (exact) mass is 373 g/mol. The van der Waals surface area contributed by atoms with Gasteiger partial charge in [0.15, 0.2) is 0 Å². The highest BCUT2D eigenvalue weighted by Crippen LogP contribution is 2.33. The molecule has 0 aliphatic carbocycles. The highest BCUT2D eigenvalue weighted by molar-refractivity contribution is 7.13. The Hall–Kier alpha value is -1.74. The summed E-state index contributed by atoms with van der Waals surface area (Å²) in [5.74, 6) is 0.958.